The fourth-order valence-electron chi connectivity index (χ4n) is 2.53. The number of nitrogens with one attached hydrogen (secondary N) is 2. The second-order valence-corrected chi connectivity index (χ2v) is 6.21. The van der Waals surface area contributed by atoms with Gasteiger partial charge in [-0.25, -0.2) is 0 Å². The van der Waals surface area contributed by atoms with Crippen molar-refractivity contribution in [1.29, 1.82) is 0 Å². The zero-order valence-electron chi connectivity index (χ0n) is 13.0. The molecule has 0 radical (unpaired) electrons. The van der Waals surface area contributed by atoms with Crippen LogP contribution in [0.4, 0.5) is 0 Å². The topological polar surface area (TPSA) is 44.4 Å². The third-order valence-electron chi connectivity index (χ3n) is 4.32. The van der Waals surface area contributed by atoms with Crippen molar-refractivity contribution in [3.05, 3.63) is 0 Å². The number of hydrogen-bond acceptors (Lipinski definition) is 3. The van der Waals surface area contributed by atoms with Crippen LogP contribution >= 0.6 is 0 Å². The Labute approximate surface area is 118 Å². The highest BCUT2D eigenvalue weighted by atomic mass is 16.1. The van der Waals surface area contributed by atoms with E-state index in [1.807, 2.05) is 0 Å². The Bertz CT molecular complexity index is 262. The first-order chi connectivity index (χ1) is 9.00. The predicted octanol–water partition coefficient (Wildman–Crippen LogP) is 1.47. The molecule has 1 heterocycles. The fourth-order valence-corrected chi connectivity index (χ4v) is 2.53. The van der Waals surface area contributed by atoms with Crippen molar-refractivity contribution in [3.8, 4) is 0 Å². The SMILES string of the molecule is CC(CC(=O)NCCN(C)C(C)C)C1CCCNC1. The molecule has 0 spiro atoms. The molecule has 1 amide bonds. The molecule has 2 unspecified atom stereocenters. The average Bonchev–Trinajstić information content (AvgIpc) is 2.39. The van der Waals surface area contributed by atoms with Crippen LogP contribution in [0.1, 0.15) is 40.0 Å². The van der Waals surface area contributed by atoms with Crippen molar-refractivity contribution in [1.82, 2.24) is 15.5 Å². The molecule has 0 aromatic heterocycles. The Morgan fingerprint density at radius 1 is 1.42 bits per heavy atom. The quantitative estimate of drug-likeness (QED) is 0.735. The molecule has 0 aromatic carbocycles. The summed E-state index contributed by atoms with van der Waals surface area (Å²) in [6.07, 6.45) is 3.17. The van der Waals surface area contributed by atoms with Crippen LogP contribution in [-0.2, 0) is 4.79 Å². The first-order valence-electron chi connectivity index (χ1n) is 7.68. The number of likely N-dealkylation sites (N-methyl/N-ethyl adjacent to an activating group) is 1. The number of piperidine rings is 1. The first kappa shape index (κ1) is 16.4. The van der Waals surface area contributed by atoms with Crippen molar-refractivity contribution in [2.24, 2.45) is 11.8 Å². The average molecular weight is 269 g/mol. The Morgan fingerprint density at radius 2 is 2.16 bits per heavy atom. The molecule has 2 N–H and O–H groups in total. The van der Waals surface area contributed by atoms with Crippen LogP contribution in [0.3, 0.4) is 0 Å². The van der Waals surface area contributed by atoms with Gasteiger partial charge in [0.2, 0.25) is 5.91 Å². The number of carbonyl (C=O) groups excluding carboxylic acids is 1. The maximum Gasteiger partial charge on any atom is 0.220 e. The minimum Gasteiger partial charge on any atom is -0.355 e. The van der Waals surface area contributed by atoms with Gasteiger partial charge in [0.1, 0.15) is 0 Å². The van der Waals surface area contributed by atoms with Crippen LogP contribution in [-0.4, -0.2) is 50.1 Å². The lowest BCUT2D eigenvalue weighted by molar-refractivity contribution is -0.122. The number of amides is 1. The summed E-state index contributed by atoms with van der Waals surface area (Å²) < 4.78 is 0. The van der Waals surface area contributed by atoms with E-state index < -0.39 is 0 Å². The third-order valence-corrected chi connectivity index (χ3v) is 4.32. The summed E-state index contributed by atoms with van der Waals surface area (Å²) in [6.45, 7) is 10.4. The van der Waals surface area contributed by atoms with Crippen molar-refractivity contribution in [2.45, 2.75) is 46.1 Å². The summed E-state index contributed by atoms with van der Waals surface area (Å²) >= 11 is 0. The lowest BCUT2D eigenvalue weighted by atomic mass is 9.85. The Kier molecular flexibility index (Phi) is 7.39. The van der Waals surface area contributed by atoms with Gasteiger partial charge in [-0.3, -0.25) is 4.79 Å². The molecule has 112 valence electrons. The van der Waals surface area contributed by atoms with Crippen LogP contribution in [0.2, 0.25) is 0 Å². The summed E-state index contributed by atoms with van der Waals surface area (Å²) in [5.74, 6) is 1.35. The van der Waals surface area contributed by atoms with E-state index in [4.69, 9.17) is 0 Å². The highest BCUT2D eigenvalue weighted by Gasteiger charge is 2.21. The van der Waals surface area contributed by atoms with Gasteiger partial charge in [0.15, 0.2) is 0 Å². The highest BCUT2D eigenvalue weighted by molar-refractivity contribution is 5.76. The Balaban J connectivity index is 2.15. The molecule has 0 aliphatic carbocycles. The summed E-state index contributed by atoms with van der Waals surface area (Å²) in [6, 6.07) is 0.532. The summed E-state index contributed by atoms with van der Waals surface area (Å²) in [7, 11) is 2.09. The molecule has 1 saturated heterocycles. The summed E-state index contributed by atoms with van der Waals surface area (Å²) in [5.41, 5.74) is 0. The third kappa shape index (κ3) is 6.39. The molecule has 0 bridgehead atoms. The van der Waals surface area contributed by atoms with Gasteiger partial charge in [-0.15, -0.1) is 0 Å². The molecule has 1 aliphatic rings. The van der Waals surface area contributed by atoms with E-state index >= 15 is 0 Å². The highest BCUT2D eigenvalue weighted by Crippen LogP contribution is 2.22. The van der Waals surface area contributed by atoms with Crippen LogP contribution in [0.5, 0.6) is 0 Å². The van der Waals surface area contributed by atoms with Gasteiger partial charge in [0.25, 0.3) is 0 Å². The molecule has 1 aliphatic heterocycles. The minimum absolute atomic E-state index is 0.204. The largest absolute Gasteiger partial charge is 0.355 e. The van der Waals surface area contributed by atoms with Gasteiger partial charge in [0.05, 0.1) is 0 Å². The van der Waals surface area contributed by atoms with Crippen molar-refractivity contribution in [3.63, 3.8) is 0 Å². The normalized spacial score (nSPS) is 21.7. The van der Waals surface area contributed by atoms with Crippen LogP contribution < -0.4 is 10.6 Å². The van der Waals surface area contributed by atoms with E-state index in [9.17, 15) is 4.79 Å². The van der Waals surface area contributed by atoms with Gasteiger partial charge < -0.3 is 15.5 Å². The van der Waals surface area contributed by atoms with E-state index in [1.54, 1.807) is 0 Å². The van der Waals surface area contributed by atoms with Crippen molar-refractivity contribution >= 4 is 5.91 Å². The molecule has 0 aromatic rings. The van der Waals surface area contributed by atoms with Gasteiger partial charge in [-0.2, -0.15) is 0 Å². The minimum atomic E-state index is 0.204. The summed E-state index contributed by atoms with van der Waals surface area (Å²) in [4.78, 5) is 14.1. The summed E-state index contributed by atoms with van der Waals surface area (Å²) in [5, 5.41) is 6.46. The molecule has 4 heteroatoms. The van der Waals surface area contributed by atoms with E-state index in [0.29, 0.717) is 24.3 Å². The molecular weight excluding hydrogens is 238 g/mol. The second-order valence-electron chi connectivity index (χ2n) is 6.21. The fraction of sp³-hybridized carbons (Fsp3) is 0.933. The maximum absolute atomic E-state index is 11.9. The number of hydrogen-bond donors (Lipinski definition) is 2. The van der Waals surface area contributed by atoms with Gasteiger partial charge in [-0.05, 0) is 58.7 Å². The molecule has 1 rings (SSSR count). The standard InChI is InChI=1S/C15H31N3O/c1-12(2)18(4)9-8-17-15(19)10-13(3)14-6-5-7-16-11-14/h12-14,16H,5-11H2,1-4H3,(H,17,19). The number of carbonyl (C=O) groups is 1. The lowest BCUT2D eigenvalue weighted by Gasteiger charge is -2.28. The van der Waals surface area contributed by atoms with E-state index in [1.165, 1.54) is 12.8 Å². The molecular formula is C15H31N3O. The first-order valence-corrected chi connectivity index (χ1v) is 7.68. The molecule has 2 atom stereocenters. The lowest BCUT2D eigenvalue weighted by Crippen LogP contribution is -2.38. The van der Waals surface area contributed by atoms with Crippen molar-refractivity contribution < 1.29 is 4.79 Å². The Morgan fingerprint density at radius 3 is 2.74 bits per heavy atom. The molecule has 4 nitrogen and oxygen atoms in total. The maximum atomic E-state index is 11.9. The van der Waals surface area contributed by atoms with E-state index in [-0.39, 0.29) is 5.91 Å². The van der Waals surface area contributed by atoms with Crippen LogP contribution in [0.15, 0.2) is 0 Å². The second kappa shape index (κ2) is 8.54. The van der Waals surface area contributed by atoms with Crippen LogP contribution in [0.25, 0.3) is 0 Å². The van der Waals surface area contributed by atoms with Crippen LogP contribution in [0, 0.1) is 11.8 Å². The number of rotatable bonds is 7. The molecule has 19 heavy (non-hydrogen) atoms. The van der Waals surface area contributed by atoms with Gasteiger partial charge >= 0.3 is 0 Å². The van der Waals surface area contributed by atoms with Gasteiger partial charge in [-0.1, -0.05) is 6.92 Å². The molecule has 0 saturated carbocycles. The zero-order valence-corrected chi connectivity index (χ0v) is 13.0. The van der Waals surface area contributed by atoms with E-state index in [2.05, 4.69) is 43.4 Å². The number of nitrogens with zero attached hydrogens (tertiary/aromatic N) is 1. The predicted molar refractivity (Wildman–Crippen MR) is 80.2 cm³/mol. The zero-order chi connectivity index (χ0) is 14.3. The van der Waals surface area contributed by atoms with Gasteiger partial charge in [0, 0.05) is 25.6 Å². The monoisotopic (exact) mass is 269 g/mol. The molecule has 1 fully saturated rings. The Hall–Kier alpha value is -0.610. The van der Waals surface area contributed by atoms with E-state index in [0.717, 1.165) is 26.2 Å². The smallest absolute Gasteiger partial charge is 0.220 e. The van der Waals surface area contributed by atoms with Crippen molar-refractivity contribution in [2.75, 3.05) is 33.2 Å².